The van der Waals surface area contributed by atoms with Crippen molar-refractivity contribution in [3.05, 3.63) is 265 Å². The predicted octanol–water partition coefficient (Wildman–Crippen LogP) is 16.7. The van der Waals surface area contributed by atoms with Crippen molar-refractivity contribution in [3.8, 4) is 67.1 Å². The summed E-state index contributed by atoms with van der Waals surface area (Å²) >= 11 is 0. The van der Waals surface area contributed by atoms with Crippen LogP contribution in [0.4, 0.5) is 0 Å². The highest BCUT2D eigenvalue weighted by Gasteiger charge is 2.47. The van der Waals surface area contributed by atoms with E-state index < -0.39 is 5.41 Å². The molecule has 0 unspecified atom stereocenters. The molecule has 12 aromatic carbocycles. The number of fused-ring (bicyclic) bond motifs is 7. The van der Waals surface area contributed by atoms with Gasteiger partial charge in [-0.1, -0.05) is 194 Å². The van der Waals surface area contributed by atoms with Crippen LogP contribution >= 0.6 is 0 Å². The third-order valence-electron chi connectivity index (χ3n) is 14.3. The molecular formula is C65H42O2. The van der Waals surface area contributed by atoms with E-state index in [1.165, 1.54) is 66.1 Å². The van der Waals surface area contributed by atoms with Crippen molar-refractivity contribution in [2.24, 2.45) is 0 Å². The van der Waals surface area contributed by atoms with Crippen LogP contribution in [0.2, 0.25) is 0 Å². The van der Waals surface area contributed by atoms with Crippen LogP contribution in [-0.2, 0) is 5.41 Å². The molecule has 2 heteroatoms. The fraction of sp³-hybridized carbons (Fsp3) is 0.0154. The van der Waals surface area contributed by atoms with E-state index in [1.54, 1.807) is 12.1 Å². The topological polar surface area (TPSA) is 40.5 Å². The standard InChI is InChI=1S/C65H42O2/c66-55-31-25-47-35-53(29-23-49(47)37-55)65(54-30-24-50-38-56(67)32-26-48(50)36-54)63-39-51(41-15-19-45(20-16-41)59-13-5-9-43-7-1-3-11-57(43)59)27-33-61(63)62-34-28-52(40-64(62)65)42-17-21-46(22-18-42)60-14-6-10-44-8-2-4-12-58(44)60/h1-40,66-67H. The molecular weight excluding hydrogens is 813 g/mol. The van der Waals surface area contributed by atoms with Gasteiger partial charge in [-0.25, -0.2) is 0 Å². The van der Waals surface area contributed by atoms with E-state index in [0.29, 0.717) is 0 Å². The normalized spacial score (nSPS) is 12.7. The molecule has 314 valence electrons. The molecule has 0 amide bonds. The molecule has 2 nitrogen and oxygen atoms in total. The van der Waals surface area contributed by atoms with Crippen LogP contribution in [0.1, 0.15) is 22.3 Å². The molecule has 67 heavy (non-hydrogen) atoms. The highest BCUT2D eigenvalue weighted by molar-refractivity contribution is 5.99. The number of rotatable bonds is 6. The Hall–Kier alpha value is -8.72. The molecule has 0 bridgehead atoms. The molecule has 13 rings (SSSR count). The van der Waals surface area contributed by atoms with E-state index in [-0.39, 0.29) is 11.5 Å². The van der Waals surface area contributed by atoms with Crippen molar-refractivity contribution in [2.75, 3.05) is 0 Å². The number of aromatic hydroxyl groups is 2. The van der Waals surface area contributed by atoms with Gasteiger partial charge in [-0.05, 0) is 170 Å². The molecule has 1 aliphatic carbocycles. The van der Waals surface area contributed by atoms with Crippen molar-refractivity contribution in [1.82, 2.24) is 0 Å². The van der Waals surface area contributed by atoms with Gasteiger partial charge in [0, 0.05) is 0 Å². The quantitative estimate of drug-likeness (QED) is 0.175. The van der Waals surface area contributed by atoms with Crippen LogP contribution in [0, 0.1) is 0 Å². The smallest absolute Gasteiger partial charge is 0.116 e. The third kappa shape index (κ3) is 6.26. The van der Waals surface area contributed by atoms with E-state index in [0.717, 1.165) is 54.9 Å². The van der Waals surface area contributed by atoms with Gasteiger partial charge in [-0.2, -0.15) is 0 Å². The Morgan fingerprint density at radius 1 is 0.239 bits per heavy atom. The Morgan fingerprint density at radius 2 is 0.612 bits per heavy atom. The number of hydrogen-bond donors (Lipinski definition) is 2. The second kappa shape index (κ2) is 15.2. The highest BCUT2D eigenvalue weighted by atomic mass is 16.3. The van der Waals surface area contributed by atoms with E-state index in [1.807, 2.05) is 24.3 Å². The number of phenols is 2. The molecule has 0 spiro atoms. The third-order valence-corrected chi connectivity index (χ3v) is 14.3. The summed E-state index contributed by atoms with van der Waals surface area (Å²) in [5.41, 5.74) is 15.7. The van der Waals surface area contributed by atoms with Crippen molar-refractivity contribution in [3.63, 3.8) is 0 Å². The van der Waals surface area contributed by atoms with Gasteiger partial charge in [0.05, 0.1) is 5.41 Å². The first-order valence-corrected chi connectivity index (χ1v) is 22.9. The lowest BCUT2D eigenvalue weighted by Crippen LogP contribution is -2.28. The van der Waals surface area contributed by atoms with Gasteiger partial charge in [0.15, 0.2) is 0 Å². The van der Waals surface area contributed by atoms with Crippen LogP contribution in [0.15, 0.2) is 243 Å². The first kappa shape index (κ1) is 38.7. The summed E-state index contributed by atoms with van der Waals surface area (Å²) in [6.07, 6.45) is 0. The van der Waals surface area contributed by atoms with E-state index in [9.17, 15) is 10.2 Å². The average Bonchev–Trinajstić information content (AvgIpc) is 3.67. The summed E-state index contributed by atoms with van der Waals surface area (Å²) in [4.78, 5) is 0. The molecule has 0 atom stereocenters. The van der Waals surface area contributed by atoms with Gasteiger partial charge < -0.3 is 10.2 Å². The summed E-state index contributed by atoms with van der Waals surface area (Å²) in [5.74, 6) is 0.494. The second-order valence-electron chi connectivity index (χ2n) is 18.0. The fourth-order valence-corrected chi connectivity index (χ4v) is 11.0. The Balaban J connectivity index is 1.02. The van der Waals surface area contributed by atoms with Crippen molar-refractivity contribution in [2.45, 2.75) is 5.41 Å². The van der Waals surface area contributed by atoms with Gasteiger partial charge in [0.2, 0.25) is 0 Å². The van der Waals surface area contributed by atoms with Gasteiger partial charge in [0.1, 0.15) is 11.5 Å². The van der Waals surface area contributed by atoms with Gasteiger partial charge in [-0.3, -0.25) is 0 Å². The lowest BCUT2D eigenvalue weighted by molar-refractivity contribution is 0.475. The predicted molar refractivity (Wildman–Crippen MR) is 279 cm³/mol. The maximum atomic E-state index is 10.5. The molecule has 0 aromatic heterocycles. The zero-order valence-electron chi connectivity index (χ0n) is 36.5. The van der Waals surface area contributed by atoms with Crippen molar-refractivity contribution < 1.29 is 10.2 Å². The molecule has 0 heterocycles. The molecule has 0 radical (unpaired) electrons. The van der Waals surface area contributed by atoms with Crippen molar-refractivity contribution >= 4 is 43.1 Å². The fourth-order valence-electron chi connectivity index (χ4n) is 11.0. The lowest BCUT2D eigenvalue weighted by Gasteiger charge is -2.35. The average molecular weight is 855 g/mol. The number of benzene rings is 12. The first-order valence-electron chi connectivity index (χ1n) is 22.9. The van der Waals surface area contributed by atoms with Crippen LogP contribution in [0.5, 0.6) is 11.5 Å². The largest absolute Gasteiger partial charge is 0.508 e. The highest BCUT2D eigenvalue weighted by Crippen LogP contribution is 2.58. The van der Waals surface area contributed by atoms with Gasteiger partial charge in [0.25, 0.3) is 0 Å². The summed E-state index contributed by atoms with van der Waals surface area (Å²) in [6, 6.07) is 87.0. The molecule has 1 aliphatic rings. The van der Waals surface area contributed by atoms with Crippen LogP contribution in [0.25, 0.3) is 98.7 Å². The summed E-state index contributed by atoms with van der Waals surface area (Å²) in [7, 11) is 0. The van der Waals surface area contributed by atoms with Crippen LogP contribution in [-0.4, -0.2) is 10.2 Å². The molecule has 0 saturated carbocycles. The molecule has 0 aliphatic heterocycles. The maximum absolute atomic E-state index is 10.5. The van der Waals surface area contributed by atoms with Crippen molar-refractivity contribution in [1.29, 1.82) is 0 Å². The first-order chi connectivity index (χ1) is 33.0. The zero-order valence-corrected chi connectivity index (χ0v) is 36.5. The summed E-state index contributed by atoms with van der Waals surface area (Å²) < 4.78 is 0. The zero-order chi connectivity index (χ0) is 44.6. The Morgan fingerprint density at radius 3 is 1.07 bits per heavy atom. The van der Waals surface area contributed by atoms with Gasteiger partial charge in [-0.15, -0.1) is 0 Å². The molecule has 0 saturated heterocycles. The Kier molecular flexibility index (Phi) is 8.78. The monoisotopic (exact) mass is 854 g/mol. The second-order valence-corrected chi connectivity index (χ2v) is 18.0. The summed E-state index contributed by atoms with van der Waals surface area (Å²) in [6.45, 7) is 0. The molecule has 0 fully saturated rings. The minimum atomic E-state index is -0.749. The molecule has 2 N–H and O–H groups in total. The lowest BCUT2D eigenvalue weighted by atomic mass is 9.66. The van der Waals surface area contributed by atoms with E-state index in [2.05, 4.69) is 206 Å². The van der Waals surface area contributed by atoms with E-state index in [4.69, 9.17) is 0 Å². The SMILES string of the molecule is Oc1ccc2cc(C3(c4ccc5cc(O)ccc5c4)c4cc(-c5ccc(-c6cccc7ccccc67)cc5)ccc4-c4ccc(-c5ccc(-c6cccc7ccccc67)cc5)cc43)ccc2c1. The maximum Gasteiger partial charge on any atom is 0.116 e. The van der Waals surface area contributed by atoms with Crippen LogP contribution in [0.3, 0.4) is 0 Å². The number of phenolic OH excluding ortho intramolecular Hbond substituents is 2. The number of hydrogen-bond acceptors (Lipinski definition) is 2. The summed E-state index contributed by atoms with van der Waals surface area (Å²) in [5, 5.41) is 30.1. The van der Waals surface area contributed by atoms with Crippen LogP contribution < -0.4 is 0 Å². The van der Waals surface area contributed by atoms with E-state index >= 15 is 0 Å². The minimum Gasteiger partial charge on any atom is -0.508 e. The van der Waals surface area contributed by atoms with Gasteiger partial charge >= 0.3 is 0 Å². The minimum absolute atomic E-state index is 0.247. The Labute approximate surface area is 389 Å². The Bertz CT molecular complexity index is 3670. The molecule has 12 aromatic rings.